The summed E-state index contributed by atoms with van der Waals surface area (Å²) in [5.74, 6) is -0.146. The van der Waals surface area contributed by atoms with Crippen LogP contribution in [0.15, 0.2) is 30.6 Å². The van der Waals surface area contributed by atoms with Crippen LogP contribution in [0.3, 0.4) is 0 Å². The molecule has 2 N–H and O–H groups in total. The number of nitrogens with one attached hydrogen (secondary N) is 2. The first-order chi connectivity index (χ1) is 16.6. The lowest BCUT2D eigenvalue weighted by Gasteiger charge is -2.18. The zero-order valence-electron chi connectivity index (χ0n) is 20.8. The van der Waals surface area contributed by atoms with Gasteiger partial charge in [-0.15, -0.1) is 10.2 Å². The molecule has 0 bridgehead atoms. The number of aromatic nitrogens is 5. The molecule has 1 aromatic carbocycles. The Bertz CT molecular complexity index is 1280. The minimum absolute atomic E-state index is 0.106. The van der Waals surface area contributed by atoms with Crippen molar-refractivity contribution in [1.82, 2.24) is 30.3 Å². The predicted octanol–water partition coefficient (Wildman–Crippen LogP) is 1.76. The summed E-state index contributed by atoms with van der Waals surface area (Å²) in [6.45, 7) is -0.439. The molecule has 1 aliphatic rings. The molecule has 0 radical (unpaired) electrons. The summed E-state index contributed by atoms with van der Waals surface area (Å²) >= 11 is 0. The van der Waals surface area contributed by atoms with Crippen molar-refractivity contribution >= 4 is 29.0 Å². The Morgan fingerprint density at radius 3 is 2.81 bits per heavy atom. The third kappa shape index (κ3) is 3.84. The van der Waals surface area contributed by atoms with Crippen LogP contribution in [0.5, 0.6) is 5.75 Å². The Balaban J connectivity index is 1.78. The number of rotatable bonds is 6. The van der Waals surface area contributed by atoms with Crippen LogP contribution in [0.25, 0.3) is 11.4 Å². The van der Waals surface area contributed by atoms with Crippen molar-refractivity contribution < 1.29 is 18.4 Å². The highest BCUT2D eigenvalue weighted by Crippen LogP contribution is 2.37. The number of nitrogens with zero attached hydrogens (tertiary/aromatic N) is 6. The summed E-state index contributed by atoms with van der Waals surface area (Å²) in [5, 5.41) is 17.3. The molecule has 1 saturated heterocycles. The van der Waals surface area contributed by atoms with E-state index in [2.05, 4.69) is 25.6 Å². The van der Waals surface area contributed by atoms with Gasteiger partial charge in [0.25, 0.3) is 5.91 Å². The smallest absolute Gasteiger partial charge is 0.273 e. The second-order valence-corrected chi connectivity index (χ2v) is 7.35. The number of hydrogen-bond acceptors (Lipinski definition) is 8. The average Bonchev–Trinajstić information content (AvgIpc) is 3.37. The van der Waals surface area contributed by atoms with E-state index in [4.69, 9.17) is 8.85 Å². The molecular weight excluding hydrogens is 412 g/mol. The second kappa shape index (κ2) is 8.61. The van der Waals surface area contributed by atoms with Crippen molar-refractivity contribution in [2.75, 3.05) is 30.8 Å². The maximum Gasteiger partial charge on any atom is 0.273 e. The molecular formula is C21H24N8O3. The number of aryl methyl sites for hydroxylation is 1. The lowest BCUT2D eigenvalue weighted by Crippen LogP contribution is -2.28. The molecule has 3 heterocycles. The number of ether oxygens (including phenoxy) is 1. The van der Waals surface area contributed by atoms with Crippen molar-refractivity contribution in [2.24, 2.45) is 13.0 Å². The molecule has 2 aromatic heterocycles. The molecule has 0 spiro atoms. The zero-order chi connectivity index (χ0) is 25.3. The van der Waals surface area contributed by atoms with Crippen LogP contribution >= 0.6 is 0 Å². The molecule has 166 valence electrons. The third-order valence-electron chi connectivity index (χ3n) is 5.19. The van der Waals surface area contributed by atoms with E-state index < -0.39 is 12.9 Å². The maximum absolute atomic E-state index is 12.7. The van der Waals surface area contributed by atoms with Crippen molar-refractivity contribution in [3.63, 3.8) is 0 Å². The standard InChI is InChI=1S/C21H24N8O3/c1-12-8-9-29(21(12)31)16-10-15(17(26-25-16)20(30)22-2)24-14-7-5-6-13(18(14)32-4)19-23-11-28(3)27-19/h5-7,10-12H,8-9H2,1-4H3,(H,22,30)(H,24,25)/i2D3. The molecule has 1 atom stereocenters. The second-order valence-electron chi connectivity index (χ2n) is 7.35. The molecule has 11 heteroatoms. The van der Waals surface area contributed by atoms with E-state index in [1.165, 1.54) is 18.1 Å². The van der Waals surface area contributed by atoms with Gasteiger partial charge in [0.1, 0.15) is 6.33 Å². The fraction of sp³-hybridized carbons (Fsp3) is 0.333. The Morgan fingerprint density at radius 1 is 1.31 bits per heavy atom. The number of carbonyl (C=O) groups excluding carboxylic acids is 2. The van der Waals surface area contributed by atoms with Gasteiger partial charge in [-0.3, -0.25) is 19.2 Å². The number of anilines is 3. The van der Waals surface area contributed by atoms with Crippen LogP contribution < -0.4 is 20.3 Å². The maximum atomic E-state index is 12.7. The third-order valence-corrected chi connectivity index (χ3v) is 5.19. The topological polar surface area (TPSA) is 127 Å². The van der Waals surface area contributed by atoms with Gasteiger partial charge in [-0.1, -0.05) is 13.0 Å². The molecule has 1 fully saturated rings. The van der Waals surface area contributed by atoms with Crippen LogP contribution in [0.1, 0.15) is 27.9 Å². The largest absolute Gasteiger partial charge is 0.494 e. The summed E-state index contributed by atoms with van der Waals surface area (Å²) in [4.78, 5) is 31.0. The van der Waals surface area contributed by atoms with Gasteiger partial charge >= 0.3 is 0 Å². The van der Waals surface area contributed by atoms with E-state index in [0.29, 0.717) is 35.8 Å². The van der Waals surface area contributed by atoms with Gasteiger partial charge < -0.3 is 15.4 Å². The molecule has 3 aromatic rings. The summed E-state index contributed by atoms with van der Waals surface area (Å²) in [7, 11) is 3.22. The summed E-state index contributed by atoms with van der Waals surface area (Å²) in [5.41, 5.74) is 0.930. The first-order valence-corrected chi connectivity index (χ1v) is 9.89. The summed E-state index contributed by atoms with van der Waals surface area (Å²) in [6.07, 6.45) is 2.22. The van der Waals surface area contributed by atoms with Gasteiger partial charge in [-0.25, -0.2) is 4.98 Å². The molecule has 1 unspecified atom stereocenters. The van der Waals surface area contributed by atoms with Gasteiger partial charge in [0.2, 0.25) is 5.91 Å². The van der Waals surface area contributed by atoms with Crippen molar-refractivity contribution in [2.45, 2.75) is 13.3 Å². The number of amides is 2. The Labute approximate surface area is 189 Å². The minimum atomic E-state index is -2.72. The highest BCUT2D eigenvalue weighted by atomic mass is 16.5. The highest BCUT2D eigenvalue weighted by molar-refractivity contribution is 6.00. The summed E-state index contributed by atoms with van der Waals surface area (Å²) in [6, 6.07) is 6.73. The van der Waals surface area contributed by atoms with Crippen LogP contribution in [-0.4, -0.2) is 57.4 Å². The quantitative estimate of drug-likeness (QED) is 0.595. The van der Waals surface area contributed by atoms with Crippen molar-refractivity contribution in [3.8, 4) is 17.1 Å². The van der Waals surface area contributed by atoms with Crippen molar-refractivity contribution in [3.05, 3.63) is 36.3 Å². The number of carbonyl (C=O) groups is 2. The van der Waals surface area contributed by atoms with Gasteiger partial charge in [0.05, 0.1) is 24.0 Å². The molecule has 0 aliphatic carbocycles. The van der Waals surface area contributed by atoms with Crippen LogP contribution in [0, 0.1) is 5.92 Å². The Kier molecular flexibility index (Phi) is 4.75. The minimum Gasteiger partial charge on any atom is -0.494 e. The number of hydrogen-bond donors (Lipinski definition) is 2. The Hall–Kier alpha value is -4.02. The van der Waals surface area contributed by atoms with Gasteiger partial charge in [-0.2, -0.15) is 5.10 Å². The normalized spacial score (nSPS) is 17.5. The van der Waals surface area contributed by atoms with Crippen LogP contribution in [0.4, 0.5) is 17.2 Å². The molecule has 32 heavy (non-hydrogen) atoms. The van der Waals surface area contributed by atoms with Crippen molar-refractivity contribution in [1.29, 1.82) is 0 Å². The van der Waals surface area contributed by atoms with E-state index in [0.717, 1.165) is 0 Å². The molecule has 0 saturated carbocycles. The Morgan fingerprint density at radius 2 is 2.16 bits per heavy atom. The highest BCUT2D eigenvalue weighted by Gasteiger charge is 2.31. The molecule has 1 aliphatic heterocycles. The first kappa shape index (κ1) is 17.6. The SMILES string of the molecule is [2H]C([2H])([2H])NC(=O)c1nnc(N2CCC(C)C2=O)cc1Nc1cccc(-c2ncn(C)n2)c1OC. The number of benzene rings is 1. The average molecular weight is 439 g/mol. The zero-order valence-corrected chi connectivity index (χ0v) is 17.8. The molecule has 11 nitrogen and oxygen atoms in total. The van der Waals surface area contributed by atoms with Gasteiger partial charge in [0, 0.05) is 36.7 Å². The van der Waals surface area contributed by atoms with E-state index in [9.17, 15) is 9.59 Å². The van der Waals surface area contributed by atoms with E-state index >= 15 is 0 Å². The van der Waals surface area contributed by atoms with Gasteiger partial charge in [-0.05, 0) is 18.6 Å². The monoisotopic (exact) mass is 439 g/mol. The first-order valence-electron chi connectivity index (χ1n) is 11.4. The lowest BCUT2D eigenvalue weighted by atomic mass is 10.1. The summed E-state index contributed by atoms with van der Waals surface area (Å²) < 4.78 is 29.3. The van der Waals surface area contributed by atoms with Crippen LogP contribution in [-0.2, 0) is 11.8 Å². The van der Waals surface area contributed by atoms with E-state index in [1.807, 2.05) is 12.2 Å². The molecule has 4 rings (SSSR count). The van der Waals surface area contributed by atoms with Crippen LogP contribution in [0.2, 0.25) is 0 Å². The number of para-hydroxylation sites is 1. The lowest BCUT2D eigenvalue weighted by molar-refractivity contribution is -0.119. The fourth-order valence-corrected chi connectivity index (χ4v) is 3.52. The number of methoxy groups -OCH3 is 1. The van der Waals surface area contributed by atoms with E-state index in [1.54, 1.807) is 36.3 Å². The fourth-order valence-electron chi connectivity index (χ4n) is 3.52. The van der Waals surface area contributed by atoms with Gasteiger partial charge in [0.15, 0.2) is 23.1 Å². The predicted molar refractivity (Wildman–Crippen MR) is 118 cm³/mol. The molecule has 2 amide bonds. The van der Waals surface area contributed by atoms with E-state index in [-0.39, 0.29) is 29.0 Å².